The average molecular weight is 705 g/mol. The lowest BCUT2D eigenvalue weighted by Gasteiger charge is -2.62. The molecule has 2 bridgehead atoms. The summed E-state index contributed by atoms with van der Waals surface area (Å²) in [5.41, 5.74) is -0.615. The summed E-state index contributed by atoms with van der Waals surface area (Å²) in [6.07, 6.45) is 6.38. The summed E-state index contributed by atoms with van der Waals surface area (Å²) in [5, 5.41) is 0. The van der Waals surface area contributed by atoms with Gasteiger partial charge in [0.1, 0.15) is 17.8 Å². The van der Waals surface area contributed by atoms with Crippen LogP contribution < -0.4 is 0 Å². The number of ether oxygens (including phenoxy) is 3. The van der Waals surface area contributed by atoms with Gasteiger partial charge in [0, 0.05) is 12.3 Å². The molecular formula is C34H56O11S2. The Kier molecular flexibility index (Phi) is 8.25. The molecule has 15 atom stereocenters. The molecule has 2 unspecified atom stereocenters. The molecule has 0 amide bonds. The van der Waals surface area contributed by atoms with Crippen molar-refractivity contribution in [2.75, 3.05) is 0 Å². The van der Waals surface area contributed by atoms with E-state index in [0.29, 0.717) is 30.1 Å². The molecule has 7 aliphatic rings. The molecule has 5 aliphatic carbocycles. The van der Waals surface area contributed by atoms with Gasteiger partial charge in [-0.25, -0.2) is 8.37 Å². The van der Waals surface area contributed by atoms with Gasteiger partial charge in [-0.15, -0.1) is 0 Å². The Morgan fingerprint density at radius 2 is 1.53 bits per heavy atom. The minimum Gasteiger partial charge on any atom is -0.324 e. The Bertz CT molecular complexity index is 1470. The highest BCUT2D eigenvalue weighted by Gasteiger charge is 2.75. The molecule has 7 rings (SSSR count). The fourth-order valence-electron chi connectivity index (χ4n) is 13.1. The smallest absolute Gasteiger partial charge is 0.324 e. The molecule has 2 saturated heterocycles. The lowest BCUT2D eigenvalue weighted by atomic mass is 9.44. The summed E-state index contributed by atoms with van der Waals surface area (Å²) < 4.78 is 97.2. The van der Waals surface area contributed by atoms with Crippen LogP contribution in [0.15, 0.2) is 0 Å². The lowest BCUT2D eigenvalue weighted by molar-refractivity contribution is -0.403. The molecule has 47 heavy (non-hydrogen) atoms. The number of hydrogen-bond acceptors (Lipinski definition) is 9. The zero-order chi connectivity index (χ0) is 34.2. The largest absolute Gasteiger partial charge is 0.397 e. The Morgan fingerprint density at radius 1 is 0.872 bits per heavy atom. The summed E-state index contributed by atoms with van der Waals surface area (Å²) in [5.74, 6) is 1.44. The van der Waals surface area contributed by atoms with Crippen molar-refractivity contribution >= 4 is 20.8 Å². The molecule has 0 aromatic carbocycles. The maximum absolute atomic E-state index is 11.9. The second-order valence-corrected chi connectivity index (χ2v) is 19.8. The normalized spacial score (nSPS) is 53.7. The van der Waals surface area contributed by atoms with E-state index in [9.17, 15) is 25.9 Å². The first-order valence-electron chi connectivity index (χ1n) is 18.1. The van der Waals surface area contributed by atoms with Gasteiger partial charge in [0.05, 0.1) is 12.2 Å². The molecule has 2 heterocycles. The second kappa shape index (κ2) is 11.1. The molecule has 0 aromatic rings. The zero-order valence-electron chi connectivity index (χ0n) is 29.0. The van der Waals surface area contributed by atoms with Crippen molar-refractivity contribution in [1.29, 1.82) is 0 Å². The molecule has 2 aliphatic heterocycles. The third-order valence-electron chi connectivity index (χ3n) is 15.2. The van der Waals surface area contributed by atoms with Crippen molar-refractivity contribution in [3.63, 3.8) is 0 Å². The fraction of sp³-hybridized carbons (Fsp3) is 1.00. The van der Waals surface area contributed by atoms with E-state index in [4.69, 9.17) is 22.6 Å². The Morgan fingerprint density at radius 3 is 2.13 bits per heavy atom. The SMILES string of the molecule is CCC[C@@]12O[C@H]3C[C@H]4[C@@H]5CC[C@H]6C[C@H](OS(=O)(=O)O)[C@@H](OS(=O)(=O)O)C[C@]6(C)[C@H]5CC[C@]4(C)[C@H]3[C@@](C)(O1)[C@H](CC1(C(C)C)CC1C)O2. The third kappa shape index (κ3) is 5.50. The molecule has 270 valence electrons. The molecule has 7 fully saturated rings. The minimum atomic E-state index is -4.89. The summed E-state index contributed by atoms with van der Waals surface area (Å²) in [7, 11) is -9.75. The monoisotopic (exact) mass is 704 g/mol. The van der Waals surface area contributed by atoms with Crippen molar-refractivity contribution in [2.45, 2.75) is 155 Å². The maximum Gasteiger partial charge on any atom is 0.397 e. The van der Waals surface area contributed by atoms with Gasteiger partial charge in [-0.3, -0.25) is 9.11 Å². The first-order chi connectivity index (χ1) is 21.7. The Labute approximate surface area is 281 Å². The van der Waals surface area contributed by atoms with E-state index in [1.807, 2.05) is 0 Å². The maximum atomic E-state index is 11.9. The zero-order valence-corrected chi connectivity index (χ0v) is 30.6. The Hall–Kier alpha value is -0.380. The van der Waals surface area contributed by atoms with Crippen LogP contribution in [0.1, 0.15) is 119 Å². The first-order valence-corrected chi connectivity index (χ1v) is 20.8. The van der Waals surface area contributed by atoms with E-state index in [1.54, 1.807) is 0 Å². The van der Waals surface area contributed by atoms with E-state index in [-0.39, 0.29) is 59.0 Å². The van der Waals surface area contributed by atoms with Gasteiger partial charge in [-0.2, -0.15) is 16.8 Å². The first kappa shape index (κ1) is 35.0. The summed E-state index contributed by atoms with van der Waals surface area (Å²) >= 11 is 0. The van der Waals surface area contributed by atoms with E-state index in [1.165, 1.54) is 6.42 Å². The molecule has 5 saturated carbocycles. The minimum absolute atomic E-state index is 0.0192. The van der Waals surface area contributed by atoms with Gasteiger partial charge in [-0.05, 0) is 123 Å². The fourth-order valence-corrected chi connectivity index (χ4v) is 14.1. The van der Waals surface area contributed by atoms with Crippen LogP contribution in [-0.2, 0) is 43.4 Å². The molecule has 11 nitrogen and oxygen atoms in total. The number of hydrogen-bond donors (Lipinski definition) is 2. The van der Waals surface area contributed by atoms with Crippen LogP contribution in [0.5, 0.6) is 0 Å². The average Bonchev–Trinajstić information content (AvgIpc) is 3.39. The predicted molar refractivity (Wildman–Crippen MR) is 171 cm³/mol. The predicted octanol–water partition coefficient (Wildman–Crippen LogP) is 6.34. The molecule has 0 spiro atoms. The van der Waals surface area contributed by atoms with Crippen LogP contribution in [0.3, 0.4) is 0 Å². The highest BCUT2D eigenvalue weighted by Crippen LogP contribution is 2.73. The summed E-state index contributed by atoms with van der Waals surface area (Å²) in [6.45, 7) is 16.1. The highest BCUT2D eigenvalue weighted by atomic mass is 32.3. The van der Waals surface area contributed by atoms with Gasteiger partial charge in [-0.1, -0.05) is 41.5 Å². The van der Waals surface area contributed by atoms with Crippen LogP contribution in [0, 0.1) is 57.7 Å². The van der Waals surface area contributed by atoms with Crippen molar-refractivity contribution in [3.05, 3.63) is 0 Å². The molecule has 13 heteroatoms. The number of rotatable bonds is 9. The van der Waals surface area contributed by atoms with Gasteiger partial charge < -0.3 is 14.2 Å². The molecule has 0 aromatic heterocycles. The van der Waals surface area contributed by atoms with Gasteiger partial charge in [0.15, 0.2) is 0 Å². The summed E-state index contributed by atoms with van der Waals surface area (Å²) in [6, 6.07) is 0. The van der Waals surface area contributed by atoms with Gasteiger partial charge >= 0.3 is 20.8 Å². The molecule has 0 radical (unpaired) electrons. The molecular weight excluding hydrogens is 648 g/mol. The molecule has 2 N–H and O–H groups in total. The van der Waals surface area contributed by atoms with Crippen molar-refractivity contribution in [1.82, 2.24) is 0 Å². The van der Waals surface area contributed by atoms with Gasteiger partial charge in [0.25, 0.3) is 5.97 Å². The van der Waals surface area contributed by atoms with E-state index < -0.39 is 44.6 Å². The van der Waals surface area contributed by atoms with E-state index in [0.717, 1.165) is 44.9 Å². The van der Waals surface area contributed by atoms with Crippen molar-refractivity contribution in [2.24, 2.45) is 57.7 Å². The van der Waals surface area contributed by atoms with Crippen LogP contribution in [0.25, 0.3) is 0 Å². The Balaban J connectivity index is 1.19. The third-order valence-corrected chi connectivity index (χ3v) is 16.2. The topological polar surface area (TPSA) is 155 Å². The quantitative estimate of drug-likeness (QED) is 0.258. The van der Waals surface area contributed by atoms with Crippen LogP contribution in [-0.4, -0.2) is 61.9 Å². The second-order valence-electron chi connectivity index (χ2n) is 17.7. The van der Waals surface area contributed by atoms with E-state index >= 15 is 0 Å². The van der Waals surface area contributed by atoms with Crippen LogP contribution in [0.4, 0.5) is 0 Å². The standard InChI is InChI=1S/C34H56O11S2/c1-8-12-34-41-26-15-24-22-10-9-21-14-25(43-46(35,36)37)27(44-47(38,39)40)17-31(21,6)23(22)11-13-30(24,5)29(26)32(7,45-34)28(42-34)18-33(19(2)3)16-20(33)4/h19-29H,8-18H2,1-7H3,(H,35,36,37)(H,38,39,40)/t20?,21-,22+,23-,24-,25-,26-,27-,28-,29-,30-,31-,32-,33?,34-/m0/s1. The van der Waals surface area contributed by atoms with Crippen LogP contribution in [0.2, 0.25) is 0 Å². The summed E-state index contributed by atoms with van der Waals surface area (Å²) in [4.78, 5) is 0. The van der Waals surface area contributed by atoms with Crippen LogP contribution >= 0.6 is 0 Å². The van der Waals surface area contributed by atoms with Crippen molar-refractivity contribution < 1.29 is 48.5 Å². The van der Waals surface area contributed by atoms with E-state index in [2.05, 4.69) is 48.5 Å². The highest BCUT2D eigenvalue weighted by molar-refractivity contribution is 7.81. The van der Waals surface area contributed by atoms with Gasteiger partial charge in [0.2, 0.25) is 0 Å². The number of fused-ring (bicyclic) bond motifs is 10. The lowest BCUT2D eigenvalue weighted by Crippen LogP contribution is -2.61. The van der Waals surface area contributed by atoms with Crippen molar-refractivity contribution in [3.8, 4) is 0 Å².